The molecule has 3 aromatic carbocycles. The predicted octanol–water partition coefficient (Wildman–Crippen LogP) is 2.98. The van der Waals surface area contributed by atoms with Crippen LogP contribution in [-0.4, -0.2) is 30.1 Å². The molecule has 7 nitrogen and oxygen atoms in total. The first-order valence-electron chi connectivity index (χ1n) is 10.3. The van der Waals surface area contributed by atoms with Gasteiger partial charge in [-0.05, 0) is 41.0 Å². The first kappa shape index (κ1) is 22.8. The molecule has 0 saturated heterocycles. The molecule has 7 heteroatoms. The number of methoxy groups -OCH3 is 1. The number of phenolic OH excluding ortho intramolecular Hbond substituents is 1. The van der Waals surface area contributed by atoms with E-state index >= 15 is 0 Å². The summed E-state index contributed by atoms with van der Waals surface area (Å²) < 4.78 is 4.83. The lowest BCUT2D eigenvalue weighted by Crippen LogP contribution is -2.43. The Morgan fingerprint density at radius 3 is 2.28 bits per heavy atom. The molecular weight excluding hydrogens is 406 g/mol. The lowest BCUT2D eigenvalue weighted by molar-refractivity contribution is -0.142. The molecule has 0 saturated carbocycles. The van der Waals surface area contributed by atoms with Gasteiger partial charge in [-0.1, -0.05) is 48.5 Å². The van der Waals surface area contributed by atoms with Crippen LogP contribution in [0.1, 0.15) is 27.0 Å². The number of carbonyl (C=O) groups is 2. The Balaban J connectivity index is 1.65. The van der Waals surface area contributed by atoms with Crippen LogP contribution in [0.3, 0.4) is 0 Å². The summed E-state index contributed by atoms with van der Waals surface area (Å²) in [6.45, 7) is 0.954. The van der Waals surface area contributed by atoms with Crippen molar-refractivity contribution in [1.82, 2.24) is 5.32 Å². The van der Waals surface area contributed by atoms with Crippen molar-refractivity contribution >= 4 is 17.6 Å². The average Bonchev–Trinajstić information content (AvgIpc) is 2.82. The van der Waals surface area contributed by atoms with Gasteiger partial charge in [0.1, 0.15) is 11.8 Å². The molecule has 3 aromatic rings. The molecule has 3 rings (SSSR count). The molecule has 0 heterocycles. The topological polar surface area (TPSA) is 114 Å². The third-order valence-corrected chi connectivity index (χ3v) is 5.07. The largest absolute Gasteiger partial charge is 0.507 e. The normalized spacial score (nSPS) is 11.4. The Morgan fingerprint density at radius 2 is 1.66 bits per heavy atom. The lowest BCUT2D eigenvalue weighted by Gasteiger charge is -2.17. The standard InChI is InChI=1S/C25H27N3O4/c1-32-25(31)22(13-17-5-3-2-4-6-17)28-24(30)21-12-9-19(14-23(21)29)16-27-20-10-7-18(15-26)8-11-20/h2-12,14,22,27,29H,13,15-16,26H2,1H3,(H,28,30)/t22-/m0/s1. The molecule has 0 radical (unpaired) electrons. The van der Waals surface area contributed by atoms with E-state index in [9.17, 15) is 14.7 Å². The van der Waals surface area contributed by atoms with Gasteiger partial charge in [-0.25, -0.2) is 4.79 Å². The molecule has 0 aliphatic heterocycles. The predicted molar refractivity (Wildman–Crippen MR) is 123 cm³/mol. The maximum Gasteiger partial charge on any atom is 0.328 e. The maximum atomic E-state index is 12.7. The number of benzene rings is 3. The van der Waals surface area contributed by atoms with Gasteiger partial charge in [0.05, 0.1) is 12.7 Å². The second kappa shape index (κ2) is 11.0. The van der Waals surface area contributed by atoms with Crippen LogP contribution < -0.4 is 16.4 Å². The van der Waals surface area contributed by atoms with Crippen LogP contribution in [0.5, 0.6) is 5.75 Å². The molecule has 166 valence electrons. The highest BCUT2D eigenvalue weighted by Crippen LogP contribution is 2.20. The van der Waals surface area contributed by atoms with E-state index in [0.29, 0.717) is 13.1 Å². The van der Waals surface area contributed by atoms with Crippen LogP contribution in [0.25, 0.3) is 0 Å². The number of ether oxygens (including phenoxy) is 1. The van der Waals surface area contributed by atoms with Crippen molar-refractivity contribution in [1.29, 1.82) is 0 Å². The molecule has 0 aromatic heterocycles. The van der Waals surface area contributed by atoms with Crippen molar-refractivity contribution in [2.24, 2.45) is 5.73 Å². The van der Waals surface area contributed by atoms with Gasteiger partial charge in [0.2, 0.25) is 0 Å². The van der Waals surface area contributed by atoms with Crippen LogP contribution in [-0.2, 0) is 29.0 Å². The Labute approximate surface area is 187 Å². The van der Waals surface area contributed by atoms with Gasteiger partial charge in [-0.2, -0.15) is 0 Å². The molecule has 0 aliphatic rings. The number of phenols is 1. The highest BCUT2D eigenvalue weighted by atomic mass is 16.5. The lowest BCUT2D eigenvalue weighted by atomic mass is 10.0. The van der Waals surface area contributed by atoms with Crippen LogP contribution in [0.4, 0.5) is 5.69 Å². The fourth-order valence-electron chi connectivity index (χ4n) is 3.26. The van der Waals surface area contributed by atoms with Crippen molar-refractivity contribution in [3.8, 4) is 5.75 Å². The fraction of sp³-hybridized carbons (Fsp3) is 0.200. The molecule has 0 bridgehead atoms. The van der Waals surface area contributed by atoms with Crippen LogP contribution in [0.15, 0.2) is 72.8 Å². The molecule has 0 aliphatic carbocycles. The van der Waals surface area contributed by atoms with E-state index in [1.54, 1.807) is 6.07 Å². The van der Waals surface area contributed by atoms with Crippen molar-refractivity contribution in [2.45, 2.75) is 25.6 Å². The number of anilines is 1. The van der Waals surface area contributed by atoms with Crippen molar-refractivity contribution in [3.05, 3.63) is 95.1 Å². The SMILES string of the molecule is COC(=O)[C@H](Cc1ccccc1)NC(=O)c1ccc(CNc2ccc(CN)cc2)cc1O. The molecular formula is C25H27N3O4. The average molecular weight is 434 g/mol. The molecule has 32 heavy (non-hydrogen) atoms. The van der Waals surface area contributed by atoms with Crippen molar-refractivity contribution < 1.29 is 19.4 Å². The van der Waals surface area contributed by atoms with E-state index in [-0.39, 0.29) is 17.7 Å². The second-order valence-corrected chi connectivity index (χ2v) is 7.35. The smallest absolute Gasteiger partial charge is 0.328 e. The van der Waals surface area contributed by atoms with Crippen LogP contribution in [0.2, 0.25) is 0 Å². The summed E-state index contributed by atoms with van der Waals surface area (Å²) in [5.41, 5.74) is 9.34. The summed E-state index contributed by atoms with van der Waals surface area (Å²) in [6, 6.07) is 21.0. The molecule has 0 spiro atoms. The second-order valence-electron chi connectivity index (χ2n) is 7.35. The van der Waals surface area contributed by atoms with Crippen LogP contribution >= 0.6 is 0 Å². The minimum Gasteiger partial charge on any atom is -0.507 e. The van der Waals surface area contributed by atoms with Gasteiger partial charge < -0.3 is 26.2 Å². The number of hydrogen-bond acceptors (Lipinski definition) is 6. The number of carbonyl (C=O) groups excluding carboxylic acids is 2. The monoisotopic (exact) mass is 433 g/mol. The number of hydrogen-bond donors (Lipinski definition) is 4. The van der Waals surface area contributed by atoms with Gasteiger partial charge >= 0.3 is 5.97 Å². The third-order valence-electron chi connectivity index (χ3n) is 5.07. The molecule has 1 atom stereocenters. The number of amides is 1. The van der Waals surface area contributed by atoms with E-state index in [4.69, 9.17) is 10.5 Å². The number of esters is 1. The number of aromatic hydroxyl groups is 1. The maximum absolute atomic E-state index is 12.7. The van der Waals surface area contributed by atoms with E-state index in [2.05, 4.69) is 10.6 Å². The molecule has 5 N–H and O–H groups in total. The summed E-state index contributed by atoms with van der Waals surface area (Å²) in [7, 11) is 1.27. The zero-order valence-corrected chi connectivity index (χ0v) is 17.9. The van der Waals surface area contributed by atoms with Gasteiger partial charge in [-0.3, -0.25) is 4.79 Å². The minimum atomic E-state index is -0.868. The summed E-state index contributed by atoms with van der Waals surface area (Å²) in [5.74, 6) is -1.27. The van der Waals surface area contributed by atoms with Gasteiger partial charge in [0.25, 0.3) is 5.91 Å². The number of nitrogens with one attached hydrogen (secondary N) is 2. The Hall–Kier alpha value is -3.84. The van der Waals surface area contributed by atoms with E-state index < -0.39 is 17.9 Å². The Kier molecular flexibility index (Phi) is 7.83. The number of nitrogens with two attached hydrogens (primary N) is 1. The summed E-state index contributed by atoms with van der Waals surface area (Å²) in [6.07, 6.45) is 0.283. The van der Waals surface area contributed by atoms with Gasteiger partial charge in [-0.15, -0.1) is 0 Å². The Morgan fingerprint density at radius 1 is 0.969 bits per heavy atom. The fourth-order valence-corrected chi connectivity index (χ4v) is 3.26. The molecule has 0 fully saturated rings. The number of rotatable bonds is 9. The zero-order valence-electron chi connectivity index (χ0n) is 17.9. The summed E-state index contributed by atoms with van der Waals surface area (Å²) in [5, 5.41) is 16.3. The van der Waals surface area contributed by atoms with Crippen molar-refractivity contribution in [3.63, 3.8) is 0 Å². The quantitative estimate of drug-likeness (QED) is 0.386. The van der Waals surface area contributed by atoms with Crippen molar-refractivity contribution in [2.75, 3.05) is 12.4 Å². The first-order valence-corrected chi connectivity index (χ1v) is 10.3. The van der Waals surface area contributed by atoms with Gasteiger partial charge in [0, 0.05) is 25.2 Å². The highest BCUT2D eigenvalue weighted by Gasteiger charge is 2.24. The molecule has 1 amide bonds. The highest BCUT2D eigenvalue weighted by molar-refractivity contribution is 5.99. The summed E-state index contributed by atoms with van der Waals surface area (Å²) >= 11 is 0. The molecule has 0 unspecified atom stereocenters. The first-order chi connectivity index (χ1) is 15.5. The Bertz CT molecular complexity index is 1050. The van der Waals surface area contributed by atoms with Gasteiger partial charge in [0.15, 0.2) is 0 Å². The van der Waals surface area contributed by atoms with Crippen LogP contribution in [0, 0.1) is 0 Å². The van der Waals surface area contributed by atoms with E-state index in [1.165, 1.54) is 19.2 Å². The zero-order chi connectivity index (χ0) is 22.9. The van der Waals surface area contributed by atoms with E-state index in [0.717, 1.165) is 22.4 Å². The summed E-state index contributed by atoms with van der Waals surface area (Å²) in [4.78, 5) is 24.9. The third kappa shape index (κ3) is 6.09. The minimum absolute atomic E-state index is 0.0861. The van der Waals surface area contributed by atoms with E-state index in [1.807, 2.05) is 54.6 Å².